The smallest absolute Gasteiger partial charge is 0.294 e. The van der Waals surface area contributed by atoms with Gasteiger partial charge in [-0.05, 0) is 37.3 Å². The minimum absolute atomic E-state index is 0.00397. The summed E-state index contributed by atoms with van der Waals surface area (Å²) in [6, 6.07) is 15.1. The Morgan fingerprint density at radius 2 is 1.81 bits per heavy atom. The quantitative estimate of drug-likeness (QED) is 0.667. The molecule has 0 aliphatic carbocycles. The number of fused-ring (bicyclic) bond motifs is 7. The Hall–Kier alpha value is -2.51. The summed E-state index contributed by atoms with van der Waals surface area (Å²) < 4.78 is 0.886. The predicted octanol–water partition coefficient (Wildman–Crippen LogP) is 1.88. The molecule has 0 aromatic heterocycles. The van der Waals surface area contributed by atoms with Gasteiger partial charge < -0.3 is 9.80 Å². The van der Waals surface area contributed by atoms with E-state index in [1.807, 2.05) is 43.3 Å². The van der Waals surface area contributed by atoms with Crippen LogP contribution < -0.4 is 14.7 Å². The molecule has 7 heteroatoms. The van der Waals surface area contributed by atoms with Gasteiger partial charge in [-0.2, -0.15) is 0 Å². The number of rotatable bonds is 2. The van der Waals surface area contributed by atoms with E-state index in [0.717, 1.165) is 40.0 Å². The van der Waals surface area contributed by atoms with Gasteiger partial charge in [0.2, 0.25) is 17.4 Å². The second kappa shape index (κ2) is 6.50. The molecular formula is C24H23BrN3O3+. The molecule has 1 spiro atoms. The first kappa shape index (κ1) is 19.2. The normalized spacial score (nSPS) is 33.4. The number of hydrogen-bond donors (Lipinski definition) is 1. The number of para-hydroxylation sites is 1. The highest BCUT2D eigenvalue weighted by Crippen LogP contribution is 2.53. The standard InChI is InChI=1S/C24H22BrN3O3/c1-2-26-17-7-4-3-6-16(17)24(23(26)31)20-19(18-8-5-13-27(18)24)21(29)28(22(20)30)15-11-9-14(25)10-12-15/h3-4,6-7,9-12,18-20H,2,5,8,13H2,1H3/p+1/t18-,19+,20-,24+/m0/s1. The van der Waals surface area contributed by atoms with Crippen molar-refractivity contribution in [3.8, 4) is 0 Å². The van der Waals surface area contributed by atoms with E-state index >= 15 is 0 Å². The van der Waals surface area contributed by atoms with Crippen molar-refractivity contribution in [2.75, 3.05) is 22.9 Å². The molecule has 0 bridgehead atoms. The summed E-state index contributed by atoms with van der Waals surface area (Å²) in [6.07, 6.45) is 1.83. The Bertz CT molecular complexity index is 1130. The van der Waals surface area contributed by atoms with Crippen LogP contribution in [0.1, 0.15) is 25.3 Å². The number of likely N-dealkylation sites (N-methyl/N-ethyl adjacent to an activating group) is 1. The third kappa shape index (κ3) is 2.18. The predicted molar refractivity (Wildman–Crippen MR) is 119 cm³/mol. The van der Waals surface area contributed by atoms with Gasteiger partial charge in [0.25, 0.3) is 5.91 Å². The number of carbonyl (C=O) groups excluding carboxylic acids is 3. The maximum Gasteiger partial charge on any atom is 0.294 e. The van der Waals surface area contributed by atoms with Crippen molar-refractivity contribution < 1.29 is 19.3 Å². The first-order chi connectivity index (χ1) is 15.0. The summed E-state index contributed by atoms with van der Waals surface area (Å²) in [4.78, 5) is 45.9. The molecular weight excluding hydrogens is 458 g/mol. The molecule has 4 heterocycles. The van der Waals surface area contributed by atoms with Crippen LogP contribution in [-0.2, 0) is 19.9 Å². The maximum atomic E-state index is 14.1. The second-order valence-corrected chi connectivity index (χ2v) is 9.81. The monoisotopic (exact) mass is 480 g/mol. The molecule has 31 heavy (non-hydrogen) atoms. The lowest BCUT2D eigenvalue weighted by Crippen LogP contribution is -3.20. The lowest BCUT2D eigenvalue weighted by atomic mass is 9.75. The van der Waals surface area contributed by atoms with Crippen molar-refractivity contribution in [3.63, 3.8) is 0 Å². The third-order valence-corrected chi connectivity index (χ3v) is 8.30. The van der Waals surface area contributed by atoms with Crippen LogP contribution in [0, 0.1) is 11.8 Å². The maximum absolute atomic E-state index is 14.1. The van der Waals surface area contributed by atoms with Crippen LogP contribution in [0.3, 0.4) is 0 Å². The molecule has 2 aromatic rings. The summed E-state index contributed by atoms with van der Waals surface area (Å²) >= 11 is 3.42. The fourth-order valence-electron chi connectivity index (χ4n) is 6.76. The van der Waals surface area contributed by atoms with Gasteiger partial charge in [-0.25, -0.2) is 4.90 Å². The van der Waals surface area contributed by atoms with Gasteiger partial charge in [-0.15, -0.1) is 0 Å². The van der Waals surface area contributed by atoms with Crippen LogP contribution in [0.5, 0.6) is 0 Å². The lowest BCUT2D eigenvalue weighted by molar-refractivity contribution is -0.948. The molecule has 158 valence electrons. The Morgan fingerprint density at radius 3 is 2.55 bits per heavy atom. The number of nitrogens with zero attached hydrogens (tertiary/aromatic N) is 2. The van der Waals surface area contributed by atoms with E-state index in [9.17, 15) is 14.4 Å². The molecule has 0 radical (unpaired) electrons. The Kier molecular flexibility index (Phi) is 4.02. The summed E-state index contributed by atoms with van der Waals surface area (Å²) in [7, 11) is 0. The van der Waals surface area contributed by atoms with E-state index in [2.05, 4.69) is 15.9 Å². The van der Waals surface area contributed by atoms with Gasteiger partial charge in [0.05, 0.1) is 17.9 Å². The van der Waals surface area contributed by atoms with E-state index in [1.54, 1.807) is 17.0 Å². The summed E-state index contributed by atoms with van der Waals surface area (Å²) in [6.45, 7) is 3.33. The summed E-state index contributed by atoms with van der Waals surface area (Å²) in [5, 5.41) is 0. The van der Waals surface area contributed by atoms with Gasteiger partial charge in [0.15, 0.2) is 0 Å². The van der Waals surface area contributed by atoms with Crippen molar-refractivity contribution in [1.82, 2.24) is 0 Å². The van der Waals surface area contributed by atoms with Crippen molar-refractivity contribution in [3.05, 3.63) is 58.6 Å². The summed E-state index contributed by atoms with van der Waals surface area (Å²) in [5.74, 6) is -1.53. The van der Waals surface area contributed by atoms with Crippen molar-refractivity contribution >= 4 is 45.0 Å². The van der Waals surface area contributed by atoms with Crippen LogP contribution >= 0.6 is 15.9 Å². The molecule has 6 rings (SSSR count). The average molecular weight is 481 g/mol. The second-order valence-electron chi connectivity index (χ2n) is 8.89. The minimum atomic E-state index is -1.00. The molecule has 2 aromatic carbocycles. The van der Waals surface area contributed by atoms with E-state index < -0.39 is 17.4 Å². The molecule has 4 aliphatic heterocycles. The SMILES string of the molecule is CCN1C(=O)[C@@]2(c3ccccc31)[C@@H]1C(=O)N(c3ccc(Br)cc3)C(=O)[C@@H]1[C@@H]1CCC[NH+]12. The summed E-state index contributed by atoms with van der Waals surface area (Å²) in [5.41, 5.74) is 1.37. The number of quaternary nitrogens is 1. The number of anilines is 2. The Balaban J connectivity index is 1.57. The fourth-order valence-corrected chi connectivity index (χ4v) is 7.02. The van der Waals surface area contributed by atoms with Gasteiger partial charge in [-0.1, -0.05) is 34.1 Å². The third-order valence-electron chi connectivity index (χ3n) is 7.77. The molecule has 3 fully saturated rings. The van der Waals surface area contributed by atoms with E-state index in [1.165, 1.54) is 4.90 Å². The minimum Gasteiger partial charge on any atom is -0.315 e. The lowest BCUT2D eigenvalue weighted by Gasteiger charge is -2.34. The molecule has 0 saturated carbocycles. The molecule has 4 aliphatic rings. The first-order valence-corrected chi connectivity index (χ1v) is 11.7. The number of imide groups is 1. The van der Waals surface area contributed by atoms with E-state index in [0.29, 0.717) is 12.2 Å². The van der Waals surface area contributed by atoms with Gasteiger partial charge in [-0.3, -0.25) is 14.4 Å². The highest BCUT2D eigenvalue weighted by atomic mass is 79.9. The zero-order valence-electron chi connectivity index (χ0n) is 17.2. The molecule has 1 unspecified atom stereocenters. The number of hydrogen-bond acceptors (Lipinski definition) is 3. The van der Waals surface area contributed by atoms with Crippen LogP contribution in [0.2, 0.25) is 0 Å². The van der Waals surface area contributed by atoms with Crippen molar-refractivity contribution in [2.24, 2.45) is 11.8 Å². The zero-order chi connectivity index (χ0) is 21.5. The van der Waals surface area contributed by atoms with Gasteiger partial charge in [0, 0.05) is 29.4 Å². The molecule has 1 N–H and O–H groups in total. The topological polar surface area (TPSA) is 62.1 Å². The fraction of sp³-hybridized carbons (Fsp3) is 0.375. The number of halogens is 1. The van der Waals surface area contributed by atoms with E-state index in [4.69, 9.17) is 0 Å². The van der Waals surface area contributed by atoms with Crippen LogP contribution in [0.15, 0.2) is 53.0 Å². The van der Waals surface area contributed by atoms with E-state index in [-0.39, 0.29) is 23.8 Å². The number of carbonyl (C=O) groups is 3. The van der Waals surface area contributed by atoms with Crippen molar-refractivity contribution in [1.29, 1.82) is 0 Å². The van der Waals surface area contributed by atoms with Crippen LogP contribution in [-0.4, -0.2) is 36.9 Å². The van der Waals surface area contributed by atoms with Gasteiger partial charge >= 0.3 is 0 Å². The number of amides is 3. The Morgan fingerprint density at radius 1 is 1.06 bits per heavy atom. The van der Waals surface area contributed by atoms with Crippen LogP contribution in [0.4, 0.5) is 11.4 Å². The first-order valence-electron chi connectivity index (χ1n) is 10.9. The zero-order valence-corrected chi connectivity index (χ0v) is 18.8. The largest absolute Gasteiger partial charge is 0.315 e. The molecule has 3 saturated heterocycles. The number of benzene rings is 2. The molecule has 6 nitrogen and oxygen atoms in total. The Labute approximate surface area is 188 Å². The number of nitrogens with one attached hydrogen (secondary N) is 1. The highest BCUT2D eigenvalue weighted by molar-refractivity contribution is 9.10. The van der Waals surface area contributed by atoms with Crippen molar-refractivity contribution in [2.45, 2.75) is 31.3 Å². The average Bonchev–Trinajstić information content (AvgIpc) is 3.47. The highest BCUT2D eigenvalue weighted by Gasteiger charge is 2.79. The van der Waals surface area contributed by atoms with Crippen LogP contribution in [0.25, 0.3) is 0 Å². The molecule has 5 atom stereocenters. The van der Waals surface area contributed by atoms with Gasteiger partial charge in [0.1, 0.15) is 17.9 Å². The molecule has 3 amide bonds.